The quantitative estimate of drug-likeness (QED) is 0.306. The lowest BCUT2D eigenvalue weighted by Gasteiger charge is -2.72. The van der Waals surface area contributed by atoms with Crippen LogP contribution in [0.15, 0.2) is 11.6 Å². The zero-order valence-electron chi connectivity index (χ0n) is 24.1. The standard InChI is InChI=1S/C32H52O3/c1-20(33)35-25-11-12-30(7)24(28(25,4)5)10-13-32(9)26(30)23(34)18-21-22-19-27(2,3)14-15-29(22,6)16-17-31(21,32)8/h18,22-26,34H,10-17,19H2,1-9H3/t22-,23-,24-,25-,26+,29+,30-,31+,32+/m0/s1. The van der Waals surface area contributed by atoms with Crippen molar-refractivity contribution in [2.45, 2.75) is 132 Å². The second-order valence-electron chi connectivity index (χ2n) is 16.0. The minimum atomic E-state index is -0.385. The number of fused-ring (bicyclic) bond motifs is 7. The van der Waals surface area contributed by atoms with Gasteiger partial charge in [0, 0.05) is 18.3 Å². The molecule has 0 aromatic rings. The molecule has 0 radical (unpaired) electrons. The highest BCUT2D eigenvalue weighted by atomic mass is 16.5. The van der Waals surface area contributed by atoms with E-state index in [1.165, 1.54) is 32.1 Å². The number of esters is 1. The van der Waals surface area contributed by atoms with E-state index in [0.29, 0.717) is 22.7 Å². The molecular weight excluding hydrogens is 432 g/mol. The molecule has 5 rings (SSSR count). The molecule has 0 spiro atoms. The fraction of sp³-hybridized carbons (Fsp3) is 0.906. The first-order chi connectivity index (χ1) is 16.0. The zero-order chi connectivity index (χ0) is 25.8. The number of aliphatic hydroxyl groups excluding tert-OH is 1. The summed E-state index contributed by atoms with van der Waals surface area (Å²) >= 11 is 0. The van der Waals surface area contributed by atoms with Crippen LogP contribution in [-0.2, 0) is 9.53 Å². The Balaban J connectivity index is 1.57. The van der Waals surface area contributed by atoms with Gasteiger partial charge in [-0.25, -0.2) is 0 Å². The van der Waals surface area contributed by atoms with Gasteiger partial charge >= 0.3 is 5.97 Å². The van der Waals surface area contributed by atoms with Crippen LogP contribution in [0.1, 0.15) is 120 Å². The third kappa shape index (κ3) is 3.41. The molecule has 35 heavy (non-hydrogen) atoms. The third-order valence-corrected chi connectivity index (χ3v) is 13.3. The molecule has 9 atom stereocenters. The molecule has 3 nitrogen and oxygen atoms in total. The van der Waals surface area contributed by atoms with Crippen LogP contribution in [-0.4, -0.2) is 23.3 Å². The van der Waals surface area contributed by atoms with E-state index >= 15 is 0 Å². The Hall–Kier alpha value is -0.830. The van der Waals surface area contributed by atoms with Gasteiger partial charge in [-0.05, 0) is 96.7 Å². The van der Waals surface area contributed by atoms with Crippen LogP contribution in [0.2, 0.25) is 0 Å². The zero-order valence-corrected chi connectivity index (χ0v) is 24.1. The van der Waals surface area contributed by atoms with Crippen LogP contribution in [0.5, 0.6) is 0 Å². The summed E-state index contributed by atoms with van der Waals surface area (Å²) < 4.78 is 5.87. The monoisotopic (exact) mass is 484 g/mol. The summed E-state index contributed by atoms with van der Waals surface area (Å²) in [6.45, 7) is 21.3. The van der Waals surface area contributed by atoms with E-state index in [9.17, 15) is 9.90 Å². The van der Waals surface area contributed by atoms with E-state index < -0.39 is 0 Å². The van der Waals surface area contributed by atoms with E-state index in [1.54, 1.807) is 12.5 Å². The molecule has 0 unspecified atom stereocenters. The van der Waals surface area contributed by atoms with Gasteiger partial charge in [-0.15, -0.1) is 0 Å². The van der Waals surface area contributed by atoms with Crippen LogP contribution in [0.4, 0.5) is 0 Å². The van der Waals surface area contributed by atoms with Crippen molar-refractivity contribution in [1.82, 2.24) is 0 Å². The number of allylic oxidation sites excluding steroid dienone is 1. The van der Waals surface area contributed by atoms with E-state index in [1.807, 2.05) is 0 Å². The lowest BCUT2D eigenvalue weighted by atomic mass is 9.33. The van der Waals surface area contributed by atoms with E-state index in [0.717, 1.165) is 25.7 Å². The second kappa shape index (κ2) is 7.61. The lowest BCUT2D eigenvalue weighted by Crippen LogP contribution is -2.67. The first-order valence-electron chi connectivity index (χ1n) is 14.6. The molecule has 198 valence electrons. The molecule has 0 aliphatic heterocycles. The summed E-state index contributed by atoms with van der Waals surface area (Å²) in [4.78, 5) is 11.9. The Kier molecular flexibility index (Phi) is 5.61. The number of rotatable bonds is 1. The minimum Gasteiger partial charge on any atom is -0.462 e. The van der Waals surface area contributed by atoms with Gasteiger partial charge in [-0.2, -0.15) is 0 Å². The molecular formula is C32H52O3. The van der Waals surface area contributed by atoms with Gasteiger partial charge in [-0.3, -0.25) is 4.79 Å². The summed E-state index contributed by atoms with van der Waals surface area (Å²) in [5.41, 5.74) is 2.59. The second-order valence-corrected chi connectivity index (χ2v) is 16.0. The molecule has 1 N–H and O–H groups in total. The molecule has 0 aromatic heterocycles. The highest BCUT2D eigenvalue weighted by Gasteiger charge is 2.70. The van der Waals surface area contributed by atoms with Gasteiger partial charge in [0.25, 0.3) is 0 Å². The van der Waals surface area contributed by atoms with Crippen molar-refractivity contribution in [1.29, 1.82) is 0 Å². The molecule has 0 amide bonds. The summed E-state index contributed by atoms with van der Waals surface area (Å²) in [5.74, 6) is 1.13. The fourth-order valence-electron chi connectivity index (χ4n) is 11.0. The third-order valence-electron chi connectivity index (χ3n) is 13.3. The van der Waals surface area contributed by atoms with Crippen LogP contribution >= 0.6 is 0 Å². The number of hydrogen-bond acceptors (Lipinski definition) is 3. The molecule has 5 aliphatic carbocycles. The maximum absolute atomic E-state index is 12.1. The largest absolute Gasteiger partial charge is 0.462 e. The van der Waals surface area contributed by atoms with Crippen molar-refractivity contribution in [2.75, 3.05) is 0 Å². The van der Waals surface area contributed by atoms with E-state index in [4.69, 9.17) is 4.74 Å². The molecule has 5 aliphatic rings. The Morgan fingerprint density at radius 2 is 1.57 bits per heavy atom. The highest BCUT2D eigenvalue weighted by Crippen LogP contribution is 2.75. The van der Waals surface area contributed by atoms with Gasteiger partial charge in [0.2, 0.25) is 0 Å². The summed E-state index contributed by atoms with van der Waals surface area (Å²) in [6.07, 6.45) is 12.7. The number of aliphatic hydroxyl groups is 1. The summed E-state index contributed by atoms with van der Waals surface area (Å²) in [6, 6.07) is 0. The van der Waals surface area contributed by atoms with Crippen LogP contribution in [0.25, 0.3) is 0 Å². The van der Waals surface area contributed by atoms with Crippen molar-refractivity contribution >= 4 is 5.97 Å². The van der Waals surface area contributed by atoms with E-state index in [2.05, 4.69) is 61.5 Å². The number of hydrogen-bond donors (Lipinski definition) is 1. The molecule has 0 bridgehead atoms. The Bertz CT molecular complexity index is 931. The van der Waals surface area contributed by atoms with Gasteiger partial charge < -0.3 is 9.84 Å². The number of carbonyl (C=O) groups is 1. The van der Waals surface area contributed by atoms with E-state index in [-0.39, 0.29) is 45.8 Å². The number of ether oxygens (including phenoxy) is 1. The van der Waals surface area contributed by atoms with Crippen molar-refractivity contribution in [3.05, 3.63) is 11.6 Å². The summed E-state index contributed by atoms with van der Waals surface area (Å²) in [7, 11) is 0. The highest BCUT2D eigenvalue weighted by molar-refractivity contribution is 5.66. The van der Waals surface area contributed by atoms with Crippen molar-refractivity contribution in [3.63, 3.8) is 0 Å². The topological polar surface area (TPSA) is 46.5 Å². The Morgan fingerprint density at radius 3 is 2.23 bits per heavy atom. The normalized spacial score (nSPS) is 52.2. The lowest BCUT2D eigenvalue weighted by molar-refractivity contribution is -0.229. The average Bonchev–Trinajstić information content (AvgIpc) is 2.72. The Morgan fingerprint density at radius 1 is 0.914 bits per heavy atom. The van der Waals surface area contributed by atoms with Crippen LogP contribution < -0.4 is 0 Å². The van der Waals surface area contributed by atoms with Crippen LogP contribution in [0, 0.1) is 50.2 Å². The predicted octanol–water partition coefficient (Wildman–Crippen LogP) is 7.71. The first-order valence-corrected chi connectivity index (χ1v) is 14.6. The van der Waals surface area contributed by atoms with Gasteiger partial charge in [0.05, 0.1) is 6.10 Å². The molecule has 0 heterocycles. The average molecular weight is 485 g/mol. The molecule has 0 saturated heterocycles. The molecule has 4 fully saturated rings. The molecule has 4 saturated carbocycles. The van der Waals surface area contributed by atoms with Crippen molar-refractivity contribution in [2.24, 2.45) is 50.2 Å². The molecule has 0 aromatic carbocycles. The van der Waals surface area contributed by atoms with Crippen molar-refractivity contribution < 1.29 is 14.6 Å². The maximum Gasteiger partial charge on any atom is 0.302 e. The van der Waals surface area contributed by atoms with Gasteiger partial charge in [-0.1, -0.05) is 67.0 Å². The first kappa shape index (κ1) is 25.8. The predicted molar refractivity (Wildman–Crippen MR) is 142 cm³/mol. The smallest absolute Gasteiger partial charge is 0.302 e. The minimum absolute atomic E-state index is 0.0234. The van der Waals surface area contributed by atoms with Gasteiger partial charge in [0.1, 0.15) is 6.10 Å². The molecule has 3 heteroatoms. The number of carbonyl (C=O) groups excluding carboxylic acids is 1. The van der Waals surface area contributed by atoms with Crippen molar-refractivity contribution in [3.8, 4) is 0 Å². The Labute approximate surface area is 214 Å². The van der Waals surface area contributed by atoms with Gasteiger partial charge in [0.15, 0.2) is 0 Å². The summed E-state index contributed by atoms with van der Waals surface area (Å²) in [5, 5.41) is 12.1. The van der Waals surface area contributed by atoms with Crippen LogP contribution in [0.3, 0.4) is 0 Å². The fourth-order valence-corrected chi connectivity index (χ4v) is 11.0. The SMILES string of the molecule is CC(=O)O[C@H]1CC[C@]2(C)[C@H]3[C@@H](O)C=C4[C@@H]5CC(C)(C)CC[C@]5(C)CC[C@@]4(C)[C@]3(C)CC[C@H]2C1(C)C. The maximum atomic E-state index is 12.1.